The number of methoxy groups -OCH3 is 1. The van der Waals surface area contributed by atoms with Gasteiger partial charge in [-0.1, -0.05) is 24.3 Å². The fourth-order valence-corrected chi connectivity index (χ4v) is 3.35. The summed E-state index contributed by atoms with van der Waals surface area (Å²) in [4.78, 5) is 26.5. The van der Waals surface area contributed by atoms with Crippen LogP contribution in [0.4, 0.5) is 0 Å². The molecule has 1 aliphatic rings. The maximum Gasteiger partial charge on any atom is 0.274 e. The van der Waals surface area contributed by atoms with E-state index >= 15 is 0 Å². The van der Waals surface area contributed by atoms with Gasteiger partial charge in [0.05, 0.1) is 19.2 Å². The molecule has 1 aromatic heterocycles. The molecule has 0 aliphatic heterocycles. The number of aromatic nitrogens is 2. The van der Waals surface area contributed by atoms with E-state index in [2.05, 4.69) is 17.2 Å². The molecule has 0 N–H and O–H groups in total. The number of aryl methyl sites for hydroxylation is 1. The van der Waals surface area contributed by atoms with Crippen LogP contribution in [0.3, 0.4) is 0 Å². The fraction of sp³-hybridized carbons (Fsp3) is 0.421. The molecule has 0 radical (unpaired) electrons. The monoisotopic (exact) mass is 341 g/mol. The first-order valence-corrected chi connectivity index (χ1v) is 8.54. The number of hydrogen-bond acceptors (Lipinski definition) is 4. The number of amides is 1. The molecule has 2 aromatic rings. The van der Waals surface area contributed by atoms with Gasteiger partial charge in [0.15, 0.2) is 0 Å². The third kappa shape index (κ3) is 3.64. The van der Waals surface area contributed by atoms with Gasteiger partial charge in [0, 0.05) is 20.2 Å². The highest BCUT2D eigenvalue weighted by atomic mass is 16.5. The van der Waals surface area contributed by atoms with E-state index in [4.69, 9.17) is 4.74 Å². The highest BCUT2D eigenvalue weighted by molar-refractivity contribution is 5.92. The van der Waals surface area contributed by atoms with Gasteiger partial charge >= 0.3 is 0 Å². The molecule has 1 aliphatic carbocycles. The first kappa shape index (κ1) is 17.4. The first-order valence-electron chi connectivity index (χ1n) is 8.54. The van der Waals surface area contributed by atoms with Crippen molar-refractivity contribution in [3.05, 3.63) is 63.6 Å². The highest BCUT2D eigenvalue weighted by Crippen LogP contribution is 2.33. The van der Waals surface area contributed by atoms with Crippen LogP contribution < -0.4 is 5.56 Å². The Labute approximate surface area is 147 Å². The zero-order chi connectivity index (χ0) is 17.8. The molecule has 25 heavy (non-hydrogen) atoms. The second-order valence-corrected chi connectivity index (χ2v) is 6.30. The maximum absolute atomic E-state index is 12.9. The number of carbonyl (C=O) groups excluding carboxylic acids is 1. The normalized spacial score (nSPS) is 16.3. The van der Waals surface area contributed by atoms with Crippen molar-refractivity contribution in [1.82, 2.24) is 14.7 Å². The number of hydrogen-bond donors (Lipinski definition) is 0. The van der Waals surface area contributed by atoms with E-state index in [9.17, 15) is 9.59 Å². The zero-order valence-electron chi connectivity index (χ0n) is 14.6. The molecular formula is C19H23N3O3. The Morgan fingerprint density at radius 1 is 1.32 bits per heavy atom. The lowest BCUT2D eigenvalue weighted by Gasteiger charge is -2.33. The summed E-state index contributed by atoms with van der Waals surface area (Å²) in [5.74, 6) is -0.173. The number of rotatable bonds is 5. The van der Waals surface area contributed by atoms with Gasteiger partial charge < -0.3 is 9.64 Å². The quantitative estimate of drug-likeness (QED) is 0.835. The number of nitrogens with zero attached hydrogens (tertiary/aromatic N) is 3. The third-order valence-electron chi connectivity index (χ3n) is 4.72. The summed E-state index contributed by atoms with van der Waals surface area (Å²) >= 11 is 0. The van der Waals surface area contributed by atoms with Gasteiger partial charge in [-0.15, -0.1) is 0 Å². The Morgan fingerprint density at radius 3 is 2.92 bits per heavy atom. The van der Waals surface area contributed by atoms with Crippen molar-refractivity contribution in [2.24, 2.45) is 0 Å². The summed E-state index contributed by atoms with van der Waals surface area (Å²) in [6, 6.07) is 11.2. The predicted molar refractivity (Wildman–Crippen MR) is 94.6 cm³/mol. The van der Waals surface area contributed by atoms with Crippen molar-refractivity contribution in [2.75, 3.05) is 20.8 Å². The second-order valence-electron chi connectivity index (χ2n) is 6.30. The second kappa shape index (κ2) is 7.61. The summed E-state index contributed by atoms with van der Waals surface area (Å²) in [6.07, 6.45) is 3.04. The summed E-state index contributed by atoms with van der Waals surface area (Å²) in [5, 5.41) is 4.21. The summed E-state index contributed by atoms with van der Waals surface area (Å²) in [6.45, 7) is 0.697. The Balaban J connectivity index is 1.85. The summed E-state index contributed by atoms with van der Waals surface area (Å²) in [7, 11) is 3.37. The van der Waals surface area contributed by atoms with Gasteiger partial charge in [-0.3, -0.25) is 9.59 Å². The number of ether oxygens (including phenoxy) is 1. The van der Waals surface area contributed by atoms with Crippen molar-refractivity contribution in [1.29, 1.82) is 0 Å². The Morgan fingerprint density at radius 2 is 2.12 bits per heavy atom. The van der Waals surface area contributed by atoms with Gasteiger partial charge in [0.25, 0.3) is 11.5 Å². The molecule has 0 bridgehead atoms. The van der Waals surface area contributed by atoms with Gasteiger partial charge in [0.1, 0.15) is 5.69 Å². The molecule has 3 rings (SSSR count). The van der Waals surface area contributed by atoms with Crippen molar-refractivity contribution in [3.8, 4) is 0 Å². The minimum atomic E-state index is -0.237. The summed E-state index contributed by atoms with van der Waals surface area (Å²) < 4.78 is 6.26. The van der Waals surface area contributed by atoms with Gasteiger partial charge in [-0.2, -0.15) is 5.10 Å². The van der Waals surface area contributed by atoms with Gasteiger partial charge in [0.2, 0.25) is 0 Å². The molecule has 0 saturated heterocycles. The van der Waals surface area contributed by atoms with Crippen LogP contribution >= 0.6 is 0 Å². The molecule has 1 unspecified atom stereocenters. The first-order chi connectivity index (χ1) is 12.1. The zero-order valence-corrected chi connectivity index (χ0v) is 14.6. The predicted octanol–water partition coefficient (Wildman–Crippen LogP) is 2.04. The largest absolute Gasteiger partial charge is 0.383 e. The average molecular weight is 341 g/mol. The molecule has 0 fully saturated rings. The van der Waals surface area contributed by atoms with Crippen LogP contribution in [0.5, 0.6) is 0 Å². The van der Waals surface area contributed by atoms with Gasteiger partial charge in [-0.05, 0) is 36.5 Å². The SMILES string of the molecule is COCCn1nc(C(=O)N(C)C2CCCc3ccccc32)ccc1=O. The molecule has 6 heteroatoms. The topological polar surface area (TPSA) is 64.4 Å². The minimum Gasteiger partial charge on any atom is -0.383 e. The van der Waals surface area contributed by atoms with Crippen molar-refractivity contribution < 1.29 is 9.53 Å². The van der Waals surface area contributed by atoms with E-state index in [1.807, 2.05) is 12.1 Å². The Kier molecular flexibility index (Phi) is 5.28. The smallest absolute Gasteiger partial charge is 0.274 e. The molecule has 1 heterocycles. The Bertz CT molecular complexity index is 816. The molecule has 1 amide bonds. The van der Waals surface area contributed by atoms with Crippen molar-refractivity contribution >= 4 is 5.91 Å². The molecule has 1 aromatic carbocycles. The lowest BCUT2D eigenvalue weighted by atomic mass is 9.87. The van der Waals surface area contributed by atoms with E-state index in [-0.39, 0.29) is 23.2 Å². The van der Waals surface area contributed by atoms with Crippen LogP contribution in [-0.4, -0.2) is 41.4 Å². The third-order valence-corrected chi connectivity index (χ3v) is 4.72. The molecular weight excluding hydrogens is 318 g/mol. The molecule has 0 spiro atoms. The molecule has 1 atom stereocenters. The lowest BCUT2D eigenvalue weighted by molar-refractivity contribution is 0.0705. The van der Waals surface area contributed by atoms with Crippen LogP contribution in [0.1, 0.15) is 40.5 Å². The molecule has 132 valence electrons. The van der Waals surface area contributed by atoms with E-state index in [0.717, 1.165) is 19.3 Å². The Hall–Kier alpha value is -2.47. The van der Waals surface area contributed by atoms with E-state index in [1.54, 1.807) is 19.1 Å². The standard InChI is InChI=1S/C19H23N3O3/c1-21(17-9-5-7-14-6-3-4-8-15(14)17)19(24)16-10-11-18(23)22(20-16)12-13-25-2/h3-4,6,8,10-11,17H,5,7,9,12-13H2,1-2H3. The van der Waals surface area contributed by atoms with E-state index < -0.39 is 0 Å². The molecule has 0 saturated carbocycles. The van der Waals surface area contributed by atoms with Crippen LogP contribution in [0.2, 0.25) is 0 Å². The van der Waals surface area contributed by atoms with Crippen LogP contribution in [0.25, 0.3) is 0 Å². The lowest BCUT2D eigenvalue weighted by Crippen LogP contribution is -2.35. The van der Waals surface area contributed by atoms with Crippen molar-refractivity contribution in [3.63, 3.8) is 0 Å². The van der Waals surface area contributed by atoms with Crippen LogP contribution in [-0.2, 0) is 17.7 Å². The average Bonchev–Trinajstić information content (AvgIpc) is 2.65. The number of carbonyl (C=O) groups is 1. The highest BCUT2D eigenvalue weighted by Gasteiger charge is 2.27. The number of fused-ring (bicyclic) bond motifs is 1. The maximum atomic E-state index is 12.9. The van der Waals surface area contributed by atoms with Crippen molar-refractivity contribution in [2.45, 2.75) is 31.8 Å². The van der Waals surface area contributed by atoms with Crippen LogP contribution in [0.15, 0.2) is 41.2 Å². The number of benzene rings is 1. The fourth-order valence-electron chi connectivity index (χ4n) is 3.35. The summed E-state index contributed by atoms with van der Waals surface area (Å²) in [5.41, 5.74) is 2.55. The van der Waals surface area contributed by atoms with Crippen LogP contribution in [0, 0.1) is 0 Å². The van der Waals surface area contributed by atoms with Gasteiger partial charge in [-0.25, -0.2) is 4.68 Å². The molecule has 6 nitrogen and oxygen atoms in total. The van der Waals surface area contributed by atoms with E-state index in [0.29, 0.717) is 13.2 Å². The van der Waals surface area contributed by atoms with E-state index in [1.165, 1.54) is 27.9 Å². The minimum absolute atomic E-state index is 0.0404.